The van der Waals surface area contributed by atoms with Gasteiger partial charge in [-0.05, 0) is 54.2 Å². The Kier molecular flexibility index (Phi) is 7.92. The molecule has 1 aliphatic heterocycles. The number of ether oxygens (including phenoxy) is 2. The summed E-state index contributed by atoms with van der Waals surface area (Å²) < 4.78 is 50.6. The molecule has 0 radical (unpaired) electrons. The van der Waals surface area contributed by atoms with Crippen LogP contribution in [0.5, 0.6) is 17.4 Å². The molecule has 0 atom stereocenters. The molecule has 1 saturated heterocycles. The molecule has 8 nitrogen and oxygen atoms in total. The molecule has 39 heavy (non-hydrogen) atoms. The van der Waals surface area contributed by atoms with Crippen molar-refractivity contribution in [2.45, 2.75) is 35.2 Å². The number of piperidine rings is 1. The van der Waals surface area contributed by atoms with Crippen LogP contribution in [-0.4, -0.2) is 44.9 Å². The van der Waals surface area contributed by atoms with E-state index in [9.17, 15) is 18.0 Å². The van der Waals surface area contributed by atoms with Gasteiger partial charge in [-0.1, -0.05) is 18.2 Å². The van der Waals surface area contributed by atoms with E-state index in [2.05, 4.69) is 9.97 Å². The number of carbonyl (C=O) groups is 1. The van der Waals surface area contributed by atoms with Crippen molar-refractivity contribution in [3.8, 4) is 17.4 Å². The summed E-state index contributed by atoms with van der Waals surface area (Å²) in [5, 5.41) is 0.726. The first-order chi connectivity index (χ1) is 18.8. The molecule has 0 bridgehead atoms. The molecule has 0 aliphatic carbocycles. The number of pyridine rings is 1. The fourth-order valence-corrected chi connectivity index (χ4v) is 4.61. The van der Waals surface area contributed by atoms with E-state index in [0.29, 0.717) is 43.6 Å². The van der Waals surface area contributed by atoms with E-state index in [0.717, 1.165) is 22.2 Å². The van der Waals surface area contributed by atoms with Gasteiger partial charge in [0.1, 0.15) is 17.6 Å². The van der Waals surface area contributed by atoms with Crippen LogP contribution in [0.3, 0.4) is 0 Å². The smallest absolute Gasteiger partial charge is 0.417 e. The van der Waals surface area contributed by atoms with Crippen molar-refractivity contribution in [2.24, 2.45) is 0 Å². The number of hydrogen-bond acceptors (Lipinski definition) is 7. The van der Waals surface area contributed by atoms with Crippen LogP contribution in [0.25, 0.3) is 0 Å². The molecule has 1 amide bonds. The number of aromatic nitrogens is 3. The Bertz CT molecular complexity index is 1370. The maximum Gasteiger partial charge on any atom is 0.417 e. The molecule has 12 heteroatoms. The number of nitrogens with zero attached hydrogens (tertiary/aromatic N) is 4. The normalized spacial score (nSPS) is 14.2. The van der Waals surface area contributed by atoms with E-state index < -0.39 is 17.8 Å². The van der Waals surface area contributed by atoms with Crippen LogP contribution in [0, 0.1) is 0 Å². The largest absolute Gasteiger partial charge is 0.439 e. The van der Waals surface area contributed by atoms with Gasteiger partial charge in [-0.25, -0.2) is 14.8 Å². The highest BCUT2D eigenvalue weighted by Gasteiger charge is 2.31. The van der Waals surface area contributed by atoms with Gasteiger partial charge < -0.3 is 19.2 Å². The molecule has 2 aromatic heterocycles. The third kappa shape index (κ3) is 7.02. The van der Waals surface area contributed by atoms with E-state index in [4.69, 9.17) is 14.3 Å². The minimum Gasteiger partial charge on any atom is -0.439 e. The molecule has 0 saturated carbocycles. The third-order valence-corrected chi connectivity index (χ3v) is 6.78. The molecule has 4 aromatic rings. The van der Waals surface area contributed by atoms with Crippen LogP contribution < -0.4 is 14.3 Å². The minimum absolute atomic E-state index is 0.0132. The summed E-state index contributed by atoms with van der Waals surface area (Å²) >= 11 is 1.51. The van der Waals surface area contributed by atoms with E-state index in [1.54, 1.807) is 22.0 Å². The Balaban J connectivity index is 1.08. The number of hydrogen-bond donors (Lipinski definition) is 0. The van der Waals surface area contributed by atoms with Crippen molar-refractivity contribution in [1.29, 1.82) is 0 Å². The van der Waals surface area contributed by atoms with Crippen molar-refractivity contribution in [2.75, 3.05) is 13.1 Å². The predicted molar refractivity (Wildman–Crippen MR) is 136 cm³/mol. The fourth-order valence-electron chi connectivity index (χ4n) is 3.80. The Hall–Kier alpha value is -4.19. The highest BCUT2D eigenvalue weighted by Crippen LogP contribution is 2.30. The van der Waals surface area contributed by atoms with Gasteiger partial charge in [0, 0.05) is 49.3 Å². The highest BCUT2D eigenvalue weighted by molar-refractivity contribution is 7.99. The molecule has 0 spiro atoms. The Labute approximate surface area is 226 Å². The van der Waals surface area contributed by atoms with Gasteiger partial charge in [-0.2, -0.15) is 17.9 Å². The number of alkyl halides is 3. The quantitative estimate of drug-likeness (QED) is 0.263. The molecular formula is C27H23F3N4O4S. The van der Waals surface area contributed by atoms with Crippen molar-refractivity contribution in [1.82, 2.24) is 19.6 Å². The summed E-state index contributed by atoms with van der Waals surface area (Å²) in [6.07, 6.45) is 0.414. The molecule has 1 aliphatic rings. The van der Waals surface area contributed by atoms with Crippen molar-refractivity contribution >= 4 is 17.9 Å². The van der Waals surface area contributed by atoms with Crippen LogP contribution in [-0.2, 0) is 6.18 Å². The Morgan fingerprint density at radius 1 is 0.923 bits per heavy atom. The third-order valence-electron chi connectivity index (χ3n) is 5.81. The van der Waals surface area contributed by atoms with Crippen LogP contribution >= 0.6 is 11.8 Å². The zero-order chi connectivity index (χ0) is 27.2. The monoisotopic (exact) mass is 556 g/mol. The number of amides is 1. The standard InChI is InChI=1S/C27H23F3N4O4S/c28-27(29,30)19-6-11-24(32-18-19)36-20-7-9-21(10-8-20)37-26(35)33-15-12-22(13-16-33)38-34-17-14-31-25(34)39-23-4-2-1-3-5-23/h1-11,14,17-18,22H,12-13,15-16H2. The molecule has 3 heterocycles. The van der Waals surface area contributed by atoms with Crippen molar-refractivity contribution in [3.63, 3.8) is 0 Å². The predicted octanol–water partition coefficient (Wildman–Crippen LogP) is 6.33. The van der Waals surface area contributed by atoms with Gasteiger partial charge in [0.05, 0.1) is 11.8 Å². The van der Waals surface area contributed by atoms with Crippen molar-refractivity contribution < 1.29 is 32.3 Å². The average Bonchev–Trinajstić information content (AvgIpc) is 3.36. The van der Waals surface area contributed by atoms with Crippen LogP contribution in [0.1, 0.15) is 18.4 Å². The topological polar surface area (TPSA) is 78.7 Å². The minimum atomic E-state index is -4.47. The maximum atomic E-state index is 12.7. The van der Waals surface area contributed by atoms with Gasteiger partial charge in [-0.15, -0.1) is 0 Å². The highest BCUT2D eigenvalue weighted by atomic mass is 32.2. The van der Waals surface area contributed by atoms with E-state index >= 15 is 0 Å². The van der Waals surface area contributed by atoms with Crippen LogP contribution in [0.15, 0.2) is 95.4 Å². The first kappa shape index (κ1) is 26.4. The number of likely N-dealkylation sites (tertiary alicyclic amines) is 1. The number of halogens is 3. The van der Waals surface area contributed by atoms with E-state index in [1.807, 2.05) is 30.3 Å². The molecule has 202 valence electrons. The SMILES string of the molecule is O=C(Oc1ccc(Oc2ccc(C(F)(F)F)cn2)cc1)N1CCC(On2ccnc2Sc2ccccc2)CC1. The van der Waals surface area contributed by atoms with Gasteiger partial charge in [0.2, 0.25) is 11.0 Å². The number of benzene rings is 2. The maximum absolute atomic E-state index is 12.7. The molecule has 5 rings (SSSR count). The summed E-state index contributed by atoms with van der Waals surface area (Å²) in [5.41, 5.74) is -0.860. The fraction of sp³-hybridized carbons (Fsp3) is 0.222. The van der Waals surface area contributed by atoms with E-state index in [1.165, 1.54) is 36.0 Å². The number of carbonyl (C=O) groups excluding carboxylic acids is 1. The van der Waals surface area contributed by atoms with Crippen molar-refractivity contribution in [3.05, 3.63) is 90.9 Å². The summed E-state index contributed by atoms with van der Waals surface area (Å²) in [5.74, 6) is 0.663. The van der Waals surface area contributed by atoms with Gasteiger partial charge in [0.25, 0.3) is 0 Å². The second-order valence-corrected chi connectivity index (χ2v) is 9.61. The lowest BCUT2D eigenvalue weighted by atomic mass is 10.1. The summed E-state index contributed by atoms with van der Waals surface area (Å²) in [6, 6.07) is 18.1. The Morgan fingerprint density at radius 3 is 2.31 bits per heavy atom. The molecule has 1 fully saturated rings. The average molecular weight is 557 g/mol. The van der Waals surface area contributed by atoms with Crippen LogP contribution in [0.2, 0.25) is 0 Å². The number of rotatable bonds is 7. The lowest BCUT2D eigenvalue weighted by Crippen LogP contribution is -2.44. The number of imidazole rings is 1. The lowest BCUT2D eigenvalue weighted by Gasteiger charge is -2.31. The van der Waals surface area contributed by atoms with E-state index in [-0.39, 0.29) is 12.0 Å². The van der Waals surface area contributed by atoms with Gasteiger partial charge in [-0.3, -0.25) is 0 Å². The second kappa shape index (κ2) is 11.7. The zero-order valence-electron chi connectivity index (χ0n) is 20.5. The summed E-state index contributed by atoms with van der Waals surface area (Å²) in [4.78, 5) is 29.5. The van der Waals surface area contributed by atoms with Gasteiger partial charge in [0.15, 0.2) is 0 Å². The summed E-state index contributed by atoms with van der Waals surface area (Å²) in [6.45, 7) is 0.945. The summed E-state index contributed by atoms with van der Waals surface area (Å²) in [7, 11) is 0. The second-order valence-electron chi connectivity index (χ2n) is 8.57. The first-order valence-corrected chi connectivity index (χ1v) is 12.9. The molecule has 2 aromatic carbocycles. The lowest BCUT2D eigenvalue weighted by molar-refractivity contribution is -0.137. The zero-order valence-corrected chi connectivity index (χ0v) is 21.3. The molecule has 0 unspecified atom stereocenters. The Morgan fingerprint density at radius 2 is 1.64 bits per heavy atom. The van der Waals surface area contributed by atoms with Gasteiger partial charge >= 0.3 is 12.3 Å². The van der Waals surface area contributed by atoms with Crippen LogP contribution in [0.4, 0.5) is 18.0 Å². The molecular weight excluding hydrogens is 533 g/mol. The first-order valence-electron chi connectivity index (χ1n) is 12.0. The molecule has 0 N–H and O–H groups in total.